The van der Waals surface area contributed by atoms with E-state index in [1.54, 1.807) is 7.11 Å². The first-order valence-corrected chi connectivity index (χ1v) is 7.94. The fraction of sp³-hybridized carbons (Fsp3) is 0.188. The van der Waals surface area contributed by atoms with Gasteiger partial charge >= 0.3 is 0 Å². The molecule has 0 amide bonds. The molecule has 0 atom stereocenters. The Kier molecular flexibility index (Phi) is 5.26. The summed E-state index contributed by atoms with van der Waals surface area (Å²) in [7, 11) is 1.59. The van der Waals surface area contributed by atoms with E-state index in [2.05, 4.69) is 15.9 Å². The molecule has 0 fully saturated rings. The Hall–Kier alpha value is -1.26. The number of Topliss-reactive ketones (excluding diaryl/α,β-unsaturated/α-hetero) is 1. The van der Waals surface area contributed by atoms with Crippen LogP contribution < -0.4 is 4.74 Å². The predicted octanol–water partition coefficient (Wildman–Crippen LogP) is 4.74. The highest BCUT2D eigenvalue weighted by molar-refractivity contribution is 9.10. The molecule has 0 unspecified atom stereocenters. The minimum Gasteiger partial charge on any atom is -0.496 e. The number of hydrogen-bond donors (Lipinski definition) is 0. The second-order valence-electron chi connectivity index (χ2n) is 4.37. The highest BCUT2D eigenvalue weighted by Gasteiger charge is 2.12. The lowest BCUT2D eigenvalue weighted by Gasteiger charge is -2.08. The van der Waals surface area contributed by atoms with Gasteiger partial charge in [0, 0.05) is 9.37 Å². The topological polar surface area (TPSA) is 26.3 Å². The average Bonchev–Trinajstić information content (AvgIpc) is 2.45. The van der Waals surface area contributed by atoms with Crippen LogP contribution in [0.2, 0.25) is 0 Å². The van der Waals surface area contributed by atoms with Crippen molar-refractivity contribution in [1.82, 2.24) is 0 Å². The van der Waals surface area contributed by atoms with E-state index in [9.17, 15) is 4.79 Å². The van der Waals surface area contributed by atoms with Gasteiger partial charge in [0.15, 0.2) is 5.78 Å². The van der Waals surface area contributed by atoms with Gasteiger partial charge in [-0.1, -0.05) is 33.6 Å². The first-order valence-electron chi connectivity index (χ1n) is 6.16. The zero-order valence-corrected chi connectivity index (χ0v) is 13.8. The zero-order valence-electron chi connectivity index (χ0n) is 11.4. The first kappa shape index (κ1) is 15.1. The fourth-order valence-electron chi connectivity index (χ4n) is 1.82. The fourth-order valence-corrected chi connectivity index (χ4v) is 3.21. The summed E-state index contributed by atoms with van der Waals surface area (Å²) in [6.45, 7) is 1.97. The van der Waals surface area contributed by atoms with Gasteiger partial charge in [0.25, 0.3) is 0 Å². The molecule has 0 spiro atoms. The summed E-state index contributed by atoms with van der Waals surface area (Å²) in [6, 6.07) is 13.6. The summed E-state index contributed by atoms with van der Waals surface area (Å²) in [5.41, 5.74) is 1.71. The number of halogens is 1. The van der Waals surface area contributed by atoms with Crippen LogP contribution in [-0.4, -0.2) is 18.6 Å². The first-order chi connectivity index (χ1) is 9.60. The number of carbonyl (C=O) groups is 1. The van der Waals surface area contributed by atoms with Crippen molar-refractivity contribution in [2.75, 3.05) is 12.9 Å². The lowest BCUT2D eigenvalue weighted by Crippen LogP contribution is -2.05. The van der Waals surface area contributed by atoms with Gasteiger partial charge in [0.1, 0.15) is 5.75 Å². The Morgan fingerprint density at radius 3 is 2.75 bits per heavy atom. The number of methoxy groups -OCH3 is 1. The van der Waals surface area contributed by atoms with Gasteiger partial charge in [-0.3, -0.25) is 4.79 Å². The van der Waals surface area contributed by atoms with Gasteiger partial charge < -0.3 is 4.74 Å². The number of thioether (sulfide) groups is 1. The molecule has 0 aliphatic rings. The van der Waals surface area contributed by atoms with Crippen molar-refractivity contribution in [3.63, 3.8) is 0 Å². The van der Waals surface area contributed by atoms with Crippen LogP contribution in [0.5, 0.6) is 5.75 Å². The van der Waals surface area contributed by atoms with Gasteiger partial charge in [-0.15, -0.1) is 11.8 Å². The van der Waals surface area contributed by atoms with Crippen molar-refractivity contribution in [2.45, 2.75) is 11.8 Å². The summed E-state index contributed by atoms with van der Waals surface area (Å²) < 4.78 is 6.27. The third-order valence-electron chi connectivity index (χ3n) is 2.82. The Morgan fingerprint density at radius 2 is 2.05 bits per heavy atom. The molecule has 0 saturated heterocycles. The summed E-state index contributed by atoms with van der Waals surface area (Å²) >= 11 is 4.96. The molecule has 0 aliphatic heterocycles. The highest BCUT2D eigenvalue weighted by Crippen LogP contribution is 2.25. The number of aryl methyl sites for hydroxylation is 1. The minimum atomic E-state index is 0.0792. The molecule has 2 nitrogen and oxygen atoms in total. The smallest absolute Gasteiger partial charge is 0.176 e. The van der Waals surface area contributed by atoms with Crippen molar-refractivity contribution in [3.8, 4) is 5.75 Å². The van der Waals surface area contributed by atoms with E-state index in [0.717, 1.165) is 14.9 Å². The maximum Gasteiger partial charge on any atom is 0.176 e. The van der Waals surface area contributed by atoms with Crippen LogP contribution in [0.4, 0.5) is 0 Å². The van der Waals surface area contributed by atoms with Crippen molar-refractivity contribution < 1.29 is 9.53 Å². The SMILES string of the molecule is COc1ccc(C)cc1C(=O)CSc1cccc(Br)c1. The van der Waals surface area contributed by atoms with Gasteiger partial charge in [-0.25, -0.2) is 0 Å². The molecule has 2 aromatic carbocycles. The standard InChI is InChI=1S/C16H15BrO2S/c1-11-6-7-16(19-2)14(8-11)15(18)10-20-13-5-3-4-12(17)9-13/h3-9H,10H2,1-2H3. The quantitative estimate of drug-likeness (QED) is 0.575. The number of hydrogen-bond acceptors (Lipinski definition) is 3. The molecule has 0 N–H and O–H groups in total. The van der Waals surface area contributed by atoms with Crippen LogP contribution in [0, 0.1) is 6.92 Å². The van der Waals surface area contributed by atoms with Crippen molar-refractivity contribution in [2.24, 2.45) is 0 Å². The van der Waals surface area contributed by atoms with E-state index in [1.807, 2.05) is 49.4 Å². The van der Waals surface area contributed by atoms with E-state index in [1.165, 1.54) is 11.8 Å². The van der Waals surface area contributed by atoms with E-state index >= 15 is 0 Å². The number of benzene rings is 2. The maximum absolute atomic E-state index is 12.3. The molecule has 0 aromatic heterocycles. The van der Waals surface area contributed by atoms with Gasteiger partial charge in [0.05, 0.1) is 18.4 Å². The lowest BCUT2D eigenvalue weighted by atomic mass is 10.1. The molecule has 4 heteroatoms. The second-order valence-corrected chi connectivity index (χ2v) is 6.34. The van der Waals surface area contributed by atoms with Gasteiger partial charge in [-0.2, -0.15) is 0 Å². The lowest BCUT2D eigenvalue weighted by molar-refractivity contribution is 0.101. The predicted molar refractivity (Wildman–Crippen MR) is 86.9 cm³/mol. The second kappa shape index (κ2) is 6.95. The number of rotatable bonds is 5. The summed E-state index contributed by atoms with van der Waals surface area (Å²) in [4.78, 5) is 13.4. The Balaban J connectivity index is 2.10. The molecule has 104 valence electrons. The largest absolute Gasteiger partial charge is 0.496 e. The van der Waals surface area contributed by atoms with E-state index in [-0.39, 0.29) is 5.78 Å². The molecule has 0 bridgehead atoms. The third-order valence-corrected chi connectivity index (χ3v) is 4.31. The molecular formula is C16H15BrO2S. The van der Waals surface area contributed by atoms with E-state index in [4.69, 9.17) is 4.74 Å². The number of ketones is 1. The molecule has 0 heterocycles. The molecule has 2 rings (SSSR count). The monoisotopic (exact) mass is 350 g/mol. The summed E-state index contributed by atoms with van der Waals surface area (Å²) in [5, 5.41) is 0. The Bertz CT molecular complexity index is 626. The van der Waals surface area contributed by atoms with Crippen LogP contribution in [0.3, 0.4) is 0 Å². The molecule has 0 aliphatic carbocycles. The van der Waals surface area contributed by atoms with Crippen molar-refractivity contribution in [3.05, 3.63) is 58.1 Å². The molecule has 0 saturated carbocycles. The minimum absolute atomic E-state index is 0.0792. The molecule has 2 aromatic rings. The Morgan fingerprint density at radius 1 is 1.25 bits per heavy atom. The van der Waals surface area contributed by atoms with Crippen LogP contribution in [0.15, 0.2) is 51.8 Å². The van der Waals surface area contributed by atoms with Gasteiger partial charge in [0.2, 0.25) is 0 Å². The van der Waals surface area contributed by atoms with E-state index in [0.29, 0.717) is 17.1 Å². The summed E-state index contributed by atoms with van der Waals surface area (Å²) in [5.74, 6) is 1.11. The van der Waals surface area contributed by atoms with Crippen LogP contribution >= 0.6 is 27.7 Å². The number of carbonyl (C=O) groups excluding carboxylic acids is 1. The van der Waals surface area contributed by atoms with Crippen molar-refractivity contribution in [1.29, 1.82) is 0 Å². The normalized spacial score (nSPS) is 10.3. The van der Waals surface area contributed by atoms with Crippen LogP contribution in [-0.2, 0) is 0 Å². The van der Waals surface area contributed by atoms with E-state index < -0.39 is 0 Å². The van der Waals surface area contributed by atoms with Crippen LogP contribution in [0.1, 0.15) is 15.9 Å². The zero-order chi connectivity index (χ0) is 14.5. The molecule has 20 heavy (non-hydrogen) atoms. The molecule has 0 radical (unpaired) electrons. The third kappa shape index (κ3) is 3.87. The van der Waals surface area contributed by atoms with Gasteiger partial charge in [-0.05, 0) is 37.3 Å². The summed E-state index contributed by atoms with van der Waals surface area (Å²) in [6.07, 6.45) is 0. The highest BCUT2D eigenvalue weighted by atomic mass is 79.9. The Labute approximate surface area is 131 Å². The average molecular weight is 351 g/mol. The molecular weight excluding hydrogens is 336 g/mol. The number of ether oxygens (including phenoxy) is 1. The maximum atomic E-state index is 12.3. The van der Waals surface area contributed by atoms with Crippen molar-refractivity contribution >= 4 is 33.5 Å². The van der Waals surface area contributed by atoms with Crippen LogP contribution in [0.25, 0.3) is 0 Å².